The second-order valence-corrected chi connectivity index (χ2v) is 2.88. The van der Waals surface area contributed by atoms with E-state index < -0.39 is 0 Å². The molecule has 0 N–H and O–H groups in total. The fraction of sp³-hybridized carbons (Fsp3) is 0.364. The first kappa shape index (κ1) is 8.80. The van der Waals surface area contributed by atoms with Crippen LogP contribution in [0.2, 0.25) is 0 Å². The minimum absolute atomic E-state index is 0.413. The Bertz CT molecular complexity index is 258. The molecule has 0 heterocycles. The van der Waals surface area contributed by atoms with Crippen LogP contribution in [0.4, 0.5) is 0 Å². The second kappa shape index (κ2) is 4.56. The number of rotatable bonds is 3. The molecule has 0 saturated carbocycles. The number of nitriles is 1. The third kappa shape index (κ3) is 2.10. The quantitative estimate of drug-likeness (QED) is 0.664. The molecule has 0 aliphatic carbocycles. The van der Waals surface area contributed by atoms with Crippen molar-refractivity contribution < 1.29 is 0 Å². The van der Waals surface area contributed by atoms with E-state index in [2.05, 4.69) is 25.1 Å². The van der Waals surface area contributed by atoms with Gasteiger partial charge in [-0.15, -0.1) is 0 Å². The average Bonchev–Trinajstić information content (AvgIpc) is 2.15. The van der Waals surface area contributed by atoms with Crippen molar-refractivity contribution in [3.63, 3.8) is 0 Å². The molecule has 1 rings (SSSR count). The molecule has 1 heteroatoms. The number of nitrogens with zero attached hydrogens (tertiary/aromatic N) is 1. The lowest BCUT2D eigenvalue weighted by molar-refractivity contribution is 0.681. The predicted octanol–water partition coefficient (Wildman–Crippen LogP) is 3.09. The van der Waals surface area contributed by atoms with Crippen LogP contribution in [0.25, 0.3) is 0 Å². The highest BCUT2D eigenvalue weighted by molar-refractivity contribution is 5.20. The van der Waals surface area contributed by atoms with Crippen LogP contribution in [0.1, 0.15) is 31.2 Å². The van der Waals surface area contributed by atoms with Crippen LogP contribution in [-0.2, 0) is 0 Å². The van der Waals surface area contributed by atoms with Gasteiger partial charge in [-0.1, -0.05) is 37.3 Å². The molecule has 1 nitrogen and oxygen atoms in total. The van der Waals surface area contributed by atoms with Gasteiger partial charge in [-0.25, -0.2) is 0 Å². The summed E-state index contributed by atoms with van der Waals surface area (Å²) in [5, 5.41) is 8.58. The van der Waals surface area contributed by atoms with Crippen LogP contribution in [0.5, 0.6) is 0 Å². The third-order valence-corrected chi connectivity index (χ3v) is 2.10. The molecular weight excluding hydrogens is 146 g/mol. The molecule has 0 aromatic heterocycles. The number of hydrogen-bond acceptors (Lipinski definition) is 1. The van der Waals surface area contributed by atoms with Crippen LogP contribution in [0.3, 0.4) is 0 Å². The van der Waals surface area contributed by atoms with Gasteiger partial charge < -0.3 is 0 Å². The Kier molecular flexibility index (Phi) is 3.35. The Hall–Kier alpha value is -1.29. The lowest BCUT2D eigenvalue weighted by atomic mass is 9.94. The van der Waals surface area contributed by atoms with Gasteiger partial charge in [-0.3, -0.25) is 0 Å². The van der Waals surface area contributed by atoms with E-state index in [0.29, 0.717) is 12.3 Å². The van der Waals surface area contributed by atoms with E-state index in [-0.39, 0.29) is 0 Å². The molecule has 1 aromatic carbocycles. The summed E-state index contributed by atoms with van der Waals surface area (Å²) < 4.78 is 0. The van der Waals surface area contributed by atoms with Crippen molar-refractivity contribution in [3.8, 4) is 6.07 Å². The van der Waals surface area contributed by atoms with E-state index in [1.165, 1.54) is 5.56 Å². The predicted molar refractivity (Wildman–Crippen MR) is 49.7 cm³/mol. The number of benzene rings is 1. The minimum atomic E-state index is 0.413. The second-order valence-electron chi connectivity index (χ2n) is 2.88. The van der Waals surface area contributed by atoms with Gasteiger partial charge in [0.2, 0.25) is 0 Å². The Morgan fingerprint density at radius 1 is 1.33 bits per heavy atom. The van der Waals surface area contributed by atoms with Crippen LogP contribution in [0.15, 0.2) is 30.3 Å². The minimum Gasteiger partial charge on any atom is -0.198 e. The highest BCUT2D eigenvalue weighted by Crippen LogP contribution is 2.21. The molecule has 0 bridgehead atoms. The first-order valence-electron chi connectivity index (χ1n) is 4.30. The van der Waals surface area contributed by atoms with Crippen LogP contribution in [0, 0.1) is 11.3 Å². The van der Waals surface area contributed by atoms with E-state index in [1.54, 1.807) is 0 Å². The van der Waals surface area contributed by atoms with E-state index in [9.17, 15) is 0 Å². The summed E-state index contributed by atoms with van der Waals surface area (Å²) in [6.45, 7) is 2.12. The zero-order valence-electron chi connectivity index (χ0n) is 7.33. The summed E-state index contributed by atoms with van der Waals surface area (Å²) in [7, 11) is 0. The van der Waals surface area contributed by atoms with Gasteiger partial charge >= 0.3 is 0 Å². The van der Waals surface area contributed by atoms with Crippen molar-refractivity contribution in [2.45, 2.75) is 25.7 Å². The summed E-state index contributed by atoms with van der Waals surface area (Å²) in [5.74, 6) is 0.413. The van der Waals surface area contributed by atoms with E-state index in [0.717, 1.165) is 6.42 Å². The maximum Gasteiger partial charge on any atom is 0.0628 e. The lowest BCUT2D eigenvalue weighted by Crippen LogP contribution is -1.94. The van der Waals surface area contributed by atoms with Crippen LogP contribution in [-0.4, -0.2) is 0 Å². The Morgan fingerprint density at radius 2 is 2.00 bits per heavy atom. The van der Waals surface area contributed by atoms with Gasteiger partial charge in [-0.05, 0) is 17.9 Å². The molecule has 0 amide bonds. The summed E-state index contributed by atoms with van der Waals surface area (Å²) in [4.78, 5) is 0. The summed E-state index contributed by atoms with van der Waals surface area (Å²) >= 11 is 0. The van der Waals surface area contributed by atoms with Gasteiger partial charge in [-0.2, -0.15) is 5.26 Å². The summed E-state index contributed by atoms with van der Waals surface area (Å²) in [6.07, 6.45) is 1.66. The van der Waals surface area contributed by atoms with Gasteiger partial charge in [0.05, 0.1) is 6.07 Å². The topological polar surface area (TPSA) is 23.8 Å². The van der Waals surface area contributed by atoms with Gasteiger partial charge in [0.1, 0.15) is 0 Å². The van der Waals surface area contributed by atoms with Crippen molar-refractivity contribution in [2.75, 3.05) is 0 Å². The molecule has 0 radical (unpaired) electrons. The molecule has 62 valence electrons. The monoisotopic (exact) mass is 159 g/mol. The fourth-order valence-electron chi connectivity index (χ4n) is 1.33. The summed E-state index contributed by atoms with van der Waals surface area (Å²) in [6, 6.07) is 12.4. The van der Waals surface area contributed by atoms with E-state index in [4.69, 9.17) is 5.26 Å². The third-order valence-electron chi connectivity index (χ3n) is 2.10. The Labute approximate surface area is 73.6 Å². The fourth-order valence-corrected chi connectivity index (χ4v) is 1.33. The van der Waals surface area contributed by atoms with Crippen LogP contribution < -0.4 is 0 Å². The maximum atomic E-state index is 8.58. The van der Waals surface area contributed by atoms with Crippen molar-refractivity contribution >= 4 is 0 Å². The Balaban J connectivity index is 2.75. The first-order valence-corrected chi connectivity index (χ1v) is 4.30. The molecular formula is C11H13N. The Morgan fingerprint density at radius 3 is 2.50 bits per heavy atom. The zero-order chi connectivity index (χ0) is 8.81. The molecule has 0 fully saturated rings. The van der Waals surface area contributed by atoms with Gasteiger partial charge in [0.15, 0.2) is 0 Å². The standard InChI is InChI=1S/C11H13N/c1-2-10(8-9-12)11-6-4-3-5-7-11/h3-7,10H,2,8H2,1H3. The molecule has 12 heavy (non-hydrogen) atoms. The van der Waals surface area contributed by atoms with Gasteiger partial charge in [0.25, 0.3) is 0 Å². The first-order chi connectivity index (χ1) is 5.88. The largest absolute Gasteiger partial charge is 0.198 e. The molecule has 0 spiro atoms. The zero-order valence-corrected chi connectivity index (χ0v) is 7.33. The van der Waals surface area contributed by atoms with Crippen molar-refractivity contribution in [1.29, 1.82) is 5.26 Å². The van der Waals surface area contributed by atoms with Crippen molar-refractivity contribution in [2.24, 2.45) is 0 Å². The van der Waals surface area contributed by atoms with E-state index >= 15 is 0 Å². The lowest BCUT2D eigenvalue weighted by Gasteiger charge is -2.09. The van der Waals surface area contributed by atoms with Gasteiger partial charge in [0, 0.05) is 6.42 Å². The van der Waals surface area contributed by atoms with Crippen LogP contribution >= 0.6 is 0 Å². The highest BCUT2D eigenvalue weighted by atomic mass is 14.2. The summed E-state index contributed by atoms with van der Waals surface area (Å²) in [5.41, 5.74) is 1.28. The molecule has 1 atom stereocenters. The molecule has 1 unspecified atom stereocenters. The molecule has 0 aliphatic rings. The molecule has 1 aromatic rings. The molecule has 0 saturated heterocycles. The number of hydrogen-bond donors (Lipinski definition) is 0. The molecule has 0 aliphatic heterocycles. The van der Waals surface area contributed by atoms with Crippen molar-refractivity contribution in [3.05, 3.63) is 35.9 Å². The van der Waals surface area contributed by atoms with Crippen molar-refractivity contribution in [1.82, 2.24) is 0 Å². The average molecular weight is 159 g/mol. The maximum absolute atomic E-state index is 8.58. The normalized spacial score (nSPS) is 12.0. The highest BCUT2D eigenvalue weighted by Gasteiger charge is 2.06. The van der Waals surface area contributed by atoms with E-state index in [1.807, 2.05) is 18.2 Å². The smallest absolute Gasteiger partial charge is 0.0628 e. The SMILES string of the molecule is CCC(CC#N)c1ccccc1.